The number of hydrogen-bond acceptors (Lipinski definition) is 10. The maximum absolute atomic E-state index is 10.9. The van der Waals surface area contributed by atoms with Crippen molar-refractivity contribution in [1.82, 2.24) is 19.8 Å². The average molecular weight is 502 g/mol. The molecule has 2 aromatic heterocycles. The molecule has 5 aromatic rings. The fourth-order valence-corrected chi connectivity index (χ4v) is 4.10. The van der Waals surface area contributed by atoms with Crippen LogP contribution in [0.2, 0.25) is 0 Å². The molecular weight excluding hydrogens is 482 g/mol. The van der Waals surface area contributed by atoms with E-state index < -0.39 is 4.92 Å². The molecule has 0 radical (unpaired) electrons. The van der Waals surface area contributed by atoms with Crippen molar-refractivity contribution < 1.29 is 14.4 Å². The molecule has 180 valence electrons. The van der Waals surface area contributed by atoms with Crippen molar-refractivity contribution in [3.63, 3.8) is 0 Å². The number of ether oxygens (including phenoxy) is 2. The zero-order valence-electron chi connectivity index (χ0n) is 18.9. The monoisotopic (exact) mass is 501 g/mol. The quantitative estimate of drug-likeness (QED) is 0.246. The van der Waals surface area contributed by atoms with Crippen LogP contribution in [-0.2, 0) is 6.61 Å². The lowest BCUT2D eigenvalue weighted by molar-refractivity contribution is -0.384. The number of non-ortho nitro benzene ring substituents is 1. The Morgan fingerprint density at radius 3 is 2.44 bits per heavy atom. The molecule has 0 unspecified atom stereocenters. The normalized spacial score (nSPS) is 11.4. The minimum absolute atomic E-state index is 0.000850. The molecule has 1 N–H and O–H groups in total. The number of para-hydroxylation sites is 1. The highest BCUT2D eigenvalue weighted by Gasteiger charge is 2.14. The van der Waals surface area contributed by atoms with Gasteiger partial charge in [-0.3, -0.25) is 15.5 Å². The lowest BCUT2D eigenvalue weighted by Crippen LogP contribution is -2.13. The van der Waals surface area contributed by atoms with E-state index in [1.165, 1.54) is 23.5 Å². The van der Waals surface area contributed by atoms with Crippen molar-refractivity contribution in [2.24, 2.45) is 5.10 Å². The Bertz CT molecular complexity index is 1570. The maximum Gasteiger partial charge on any atom is 0.269 e. The molecule has 0 aliphatic rings. The second-order valence-corrected chi connectivity index (χ2v) is 8.38. The fourth-order valence-electron chi connectivity index (χ4n) is 3.27. The summed E-state index contributed by atoms with van der Waals surface area (Å²) in [6, 6.07) is 22.9. The van der Waals surface area contributed by atoms with Gasteiger partial charge in [-0.25, -0.2) is 0 Å². The predicted octanol–water partition coefficient (Wildman–Crippen LogP) is 4.28. The number of anilines is 1. The van der Waals surface area contributed by atoms with E-state index in [1.54, 1.807) is 23.8 Å². The van der Waals surface area contributed by atoms with Gasteiger partial charge in [-0.2, -0.15) is 14.7 Å². The molecule has 0 fully saturated rings. The van der Waals surface area contributed by atoms with E-state index in [0.717, 1.165) is 5.56 Å². The third kappa shape index (κ3) is 4.98. The lowest BCUT2D eigenvalue weighted by atomic mass is 10.2. The van der Waals surface area contributed by atoms with Gasteiger partial charge in [0, 0.05) is 17.7 Å². The molecule has 0 aliphatic carbocycles. The number of nitrogens with one attached hydrogen (secondary N) is 1. The van der Waals surface area contributed by atoms with Crippen molar-refractivity contribution in [2.75, 3.05) is 12.5 Å². The SMILES string of the molecule is COc1ccc(-c2nn3c(COc4ccccc4)nnc3s/c2=N/Nc2ccc([N+](=O)[O-])cc2)cc1. The lowest BCUT2D eigenvalue weighted by Gasteiger charge is -2.07. The summed E-state index contributed by atoms with van der Waals surface area (Å²) in [5.74, 6) is 1.97. The summed E-state index contributed by atoms with van der Waals surface area (Å²) in [5.41, 5.74) is 4.93. The molecule has 3 aromatic carbocycles. The fraction of sp³-hybridized carbons (Fsp3) is 0.0833. The first kappa shape index (κ1) is 22.9. The van der Waals surface area contributed by atoms with E-state index in [9.17, 15) is 10.1 Å². The highest BCUT2D eigenvalue weighted by molar-refractivity contribution is 7.14. The van der Waals surface area contributed by atoms with Crippen LogP contribution in [0.3, 0.4) is 0 Å². The van der Waals surface area contributed by atoms with Gasteiger partial charge < -0.3 is 9.47 Å². The average Bonchev–Trinajstić information content (AvgIpc) is 3.32. The summed E-state index contributed by atoms with van der Waals surface area (Å²) in [7, 11) is 1.60. The highest BCUT2D eigenvalue weighted by atomic mass is 32.1. The van der Waals surface area contributed by atoms with Gasteiger partial charge in [0.25, 0.3) is 5.69 Å². The third-order valence-corrected chi connectivity index (χ3v) is 6.02. The van der Waals surface area contributed by atoms with Gasteiger partial charge in [0.05, 0.1) is 17.7 Å². The zero-order chi connectivity index (χ0) is 24.9. The van der Waals surface area contributed by atoms with Crippen LogP contribution in [0.5, 0.6) is 11.5 Å². The largest absolute Gasteiger partial charge is 0.497 e. The molecule has 11 nitrogen and oxygen atoms in total. The maximum atomic E-state index is 10.9. The van der Waals surface area contributed by atoms with Crippen LogP contribution in [0.1, 0.15) is 5.82 Å². The molecule has 0 atom stereocenters. The number of nitro benzene ring substituents is 1. The summed E-state index contributed by atoms with van der Waals surface area (Å²) < 4.78 is 13.3. The number of rotatable bonds is 8. The standard InChI is InChI=1S/C24H19N7O4S/c1-34-19-13-7-16(8-14-19)22-23(27-25-17-9-11-18(12-10-17)31(32)33)36-24-28-26-21(30(24)29-22)15-35-20-5-3-2-4-6-20/h2-14,25H,15H2,1H3/b27-23+. The van der Waals surface area contributed by atoms with E-state index in [-0.39, 0.29) is 12.3 Å². The molecule has 0 spiro atoms. The first-order valence-corrected chi connectivity index (χ1v) is 11.5. The van der Waals surface area contributed by atoms with Crippen LogP contribution in [0.25, 0.3) is 16.2 Å². The minimum Gasteiger partial charge on any atom is -0.497 e. The number of benzene rings is 3. The van der Waals surface area contributed by atoms with Crippen molar-refractivity contribution in [3.05, 3.63) is 99.5 Å². The summed E-state index contributed by atoms with van der Waals surface area (Å²) in [6.07, 6.45) is 0. The van der Waals surface area contributed by atoms with Crippen LogP contribution in [0, 0.1) is 10.1 Å². The molecule has 2 heterocycles. The van der Waals surface area contributed by atoms with E-state index in [2.05, 4.69) is 20.7 Å². The van der Waals surface area contributed by atoms with Crippen molar-refractivity contribution in [2.45, 2.75) is 6.61 Å². The van der Waals surface area contributed by atoms with Crippen molar-refractivity contribution in [3.8, 4) is 22.8 Å². The molecule has 0 saturated carbocycles. The Kier molecular flexibility index (Phi) is 6.49. The van der Waals surface area contributed by atoms with Gasteiger partial charge in [0.2, 0.25) is 4.96 Å². The van der Waals surface area contributed by atoms with E-state index >= 15 is 0 Å². The molecule has 0 amide bonds. The van der Waals surface area contributed by atoms with Gasteiger partial charge in [-0.15, -0.1) is 10.2 Å². The number of fused-ring (bicyclic) bond motifs is 1. The molecule has 0 aliphatic heterocycles. The zero-order valence-corrected chi connectivity index (χ0v) is 19.8. The number of nitro groups is 1. The van der Waals surface area contributed by atoms with Crippen LogP contribution in [0.4, 0.5) is 11.4 Å². The van der Waals surface area contributed by atoms with E-state index in [1.807, 2.05) is 54.6 Å². The molecule has 36 heavy (non-hydrogen) atoms. The summed E-state index contributed by atoms with van der Waals surface area (Å²) in [4.78, 5) is 11.0. The van der Waals surface area contributed by atoms with Crippen LogP contribution < -0.4 is 19.6 Å². The smallest absolute Gasteiger partial charge is 0.269 e. The summed E-state index contributed by atoms with van der Waals surface area (Å²) in [6.45, 7) is 0.185. The Labute approximate surface area is 208 Å². The number of aromatic nitrogens is 4. The molecular formula is C24H19N7O4S. The second-order valence-electron chi connectivity index (χ2n) is 7.42. The predicted molar refractivity (Wildman–Crippen MR) is 134 cm³/mol. The Hall–Kier alpha value is -4.84. The minimum atomic E-state index is -0.451. The van der Waals surface area contributed by atoms with Gasteiger partial charge in [-0.1, -0.05) is 29.5 Å². The van der Waals surface area contributed by atoms with Crippen LogP contribution in [-0.4, -0.2) is 31.8 Å². The molecule has 0 bridgehead atoms. The highest BCUT2D eigenvalue weighted by Crippen LogP contribution is 2.21. The second kappa shape index (κ2) is 10.2. The Balaban J connectivity index is 1.53. The third-order valence-electron chi connectivity index (χ3n) is 5.11. The van der Waals surface area contributed by atoms with Gasteiger partial charge in [0.15, 0.2) is 10.5 Å². The number of nitrogens with zero attached hydrogens (tertiary/aromatic N) is 6. The Morgan fingerprint density at radius 1 is 1.00 bits per heavy atom. The van der Waals surface area contributed by atoms with E-state index in [4.69, 9.17) is 14.6 Å². The Morgan fingerprint density at radius 2 is 1.75 bits per heavy atom. The van der Waals surface area contributed by atoms with E-state index in [0.29, 0.717) is 38.3 Å². The topological polar surface area (TPSA) is 129 Å². The van der Waals surface area contributed by atoms with Gasteiger partial charge >= 0.3 is 0 Å². The van der Waals surface area contributed by atoms with Crippen LogP contribution in [0.15, 0.2) is 84.0 Å². The molecule has 5 rings (SSSR count). The summed E-state index contributed by atoms with van der Waals surface area (Å²) >= 11 is 1.29. The molecule has 12 heteroatoms. The first-order chi connectivity index (χ1) is 17.6. The van der Waals surface area contributed by atoms with Crippen molar-refractivity contribution in [1.29, 1.82) is 0 Å². The summed E-state index contributed by atoms with van der Waals surface area (Å²) in [5, 5.41) is 28.7. The molecule has 0 saturated heterocycles. The van der Waals surface area contributed by atoms with Crippen molar-refractivity contribution >= 4 is 27.7 Å². The first-order valence-electron chi connectivity index (χ1n) is 10.7. The van der Waals surface area contributed by atoms with Gasteiger partial charge in [0.1, 0.15) is 23.8 Å². The van der Waals surface area contributed by atoms with Crippen LogP contribution >= 0.6 is 11.3 Å². The number of methoxy groups -OCH3 is 1. The number of hydrogen-bond donors (Lipinski definition) is 1. The van der Waals surface area contributed by atoms with Gasteiger partial charge in [-0.05, 0) is 48.5 Å².